The number of H-pyrrole nitrogens is 2. The molecule has 0 fully saturated rings. The highest BCUT2D eigenvalue weighted by Crippen LogP contribution is 2.38. The zero-order valence-electron chi connectivity index (χ0n) is 27.1. The van der Waals surface area contributed by atoms with E-state index in [4.69, 9.17) is 19.4 Å². The van der Waals surface area contributed by atoms with Gasteiger partial charge < -0.3 is 19.4 Å². The normalized spacial score (nSPS) is 13.1. The van der Waals surface area contributed by atoms with Gasteiger partial charge in [0.1, 0.15) is 0 Å². The predicted octanol–water partition coefficient (Wildman–Crippen LogP) is 7.82. The number of esters is 2. The molecule has 230 valence electrons. The molecule has 0 unspecified atom stereocenters. The Balaban J connectivity index is 1.88. The van der Waals surface area contributed by atoms with E-state index in [9.17, 15) is 9.59 Å². The van der Waals surface area contributed by atoms with Gasteiger partial charge in [0.15, 0.2) is 0 Å². The Labute approximate surface area is 258 Å². The van der Waals surface area contributed by atoms with E-state index in [1.165, 1.54) is 36.5 Å². The zero-order valence-corrected chi connectivity index (χ0v) is 27.1. The van der Waals surface area contributed by atoms with Gasteiger partial charge in [-0.1, -0.05) is 13.8 Å². The van der Waals surface area contributed by atoms with Gasteiger partial charge in [0, 0.05) is 34.9 Å². The Morgan fingerprint density at radius 2 is 1.02 bits per heavy atom. The molecular formula is C36H42N4O4. The monoisotopic (exact) mass is 594 g/mol. The van der Waals surface area contributed by atoms with Crippen molar-refractivity contribution in [3.63, 3.8) is 0 Å². The second-order valence-corrected chi connectivity index (χ2v) is 11.5. The van der Waals surface area contributed by atoms with Gasteiger partial charge in [0.25, 0.3) is 0 Å². The summed E-state index contributed by atoms with van der Waals surface area (Å²) in [6, 6.07) is 8.45. The van der Waals surface area contributed by atoms with Gasteiger partial charge in [-0.3, -0.25) is 9.59 Å². The van der Waals surface area contributed by atoms with Crippen molar-refractivity contribution in [1.82, 2.24) is 19.9 Å². The van der Waals surface area contributed by atoms with Gasteiger partial charge in [-0.2, -0.15) is 0 Å². The molecule has 8 bridgehead atoms. The Kier molecular flexibility index (Phi) is 8.90. The van der Waals surface area contributed by atoms with Crippen LogP contribution in [0.4, 0.5) is 0 Å². The van der Waals surface area contributed by atoms with Crippen LogP contribution in [-0.4, -0.2) is 46.1 Å². The van der Waals surface area contributed by atoms with Crippen molar-refractivity contribution in [2.24, 2.45) is 0 Å². The molecule has 0 atom stereocenters. The van der Waals surface area contributed by atoms with Crippen molar-refractivity contribution >= 4 is 56.3 Å². The first kappa shape index (κ1) is 31.0. The molecule has 0 amide bonds. The summed E-state index contributed by atoms with van der Waals surface area (Å²) in [5.41, 5.74) is 16.4. The number of rotatable bonds is 8. The van der Waals surface area contributed by atoms with E-state index in [-0.39, 0.29) is 24.8 Å². The highest BCUT2D eigenvalue weighted by Gasteiger charge is 2.23. The maximum absolute atomic E-state index is 12.2. The zero-order chi connectivity index (χ0) is 31.7. The molecule has 0 radical (unpaired) electrons. The summed E-state index contributed by atoms with van der Waals surface area (Å²) in [5.74, 6) is -0.530. The highest BCUT2D eigenvalue weighted by atomic mass is 16.5. The maximum Gasteiger partial charge on any atom is 0.305 e. The van der Waals surface area contributed by atoms with Crippen molar-refractivity contribution in [1.29, 1.82) is 0 Å². The molecule has 5 heterocycles. The number of fused-ring (bicyclic) bond motifs is 8. The molecular weight excluding hydrogens is 552 g/mol. The van der Waals surface area contributed by atoms with Crippen molar-refractivity contribution in [2.45, 2.75) is 80.1 Å². The largest absolute Gasteiger partial charge is 0.469 e. The summed E-state index contributed by atoms with van der Waals surface area (Å²) < 4.78 is 9.91. The van der Waals surface area contributed by atoms with Gasteiger partial charge in [-0.05, 0) is 122 Å². The van der Waals surface area contributed by atoms with Crippen LogP contribution in [-0.2, 0) is 31.9 Å². The molecule has 3 aromatic rings. The van der Waals surface area contributed by atoms with Crippen LogP contribution in [0, 0.1) is 13.8 Å². The number of hydrogen-bond acceptors (Lipinski definition) is 6. The van der Waals surface area contributed by atoms with E-state index in [0.717, 1.165) is 80.0 Å². The summed E-state index contributed by atoms with van der Waals surface area (Å²) >= 11 is 0. The minimum atomic E-state index is -0.265. The number of nitrogens with zero attached hydrogens (tertiary/aromatic N) is 2. The van der Waals surface area contributed by atoms with Crippen LogP contribution in [0.3, 0.4) is 0 Å². The lowest BCUT2D eigenvalue weighted by atomic mass is 9.98. The molecule has 8 heteroatoms. The number of aromatic amines is 2. The standard InChI is InChI=1S/C36H42N4O4/c1-9-23-19(3)27-15-28-21(5)25(11-13-35(41)43-7)33(39-28)18-34-26(12-14-36(42)44-8)22(6)30(40-34)17-32-24(10-2)20(4)29(38-32)16-31(23)37-27/h15-18,37-38H,9-14H2,1-8H3. The molecule has 0 spiro atoms. The molecule has 0 aromatic carbocycles. The molecule has 8 nitrogen and oxygen atoms in total. The first-order valence-electron chi connectivity index (χ1n) is 15.4. The quantitative estimate of drug-likeness (QED) is 0.257. The number of aromatic nitrogens is 4. The summed E-state index contributed by atoms with van der Waals surface area (Å²) in [5, 5.41) is 0. The topological polar surface area (TPSA) is 110 Å². The number of carbonyl (C=O) groups is 2. The third-order valence-electron chi connectivity index (χ3n) is 9.12. The van der Waals surface area contributed by atoms with Gasteiger partial charge in [0.2, 0.25) is 0 Å². The number of nitrogens with one attached hydrogen (secondary N) is 2. The molecule has 2 N–H and O–H groups in total. The number of carbonyl (C=O) groups excluding carboxylic acids is 2. The molecule has 2 aliphatic heterocycles. The lowest BCUT2D eigenvalue weighted by Gasteiger charge is -2.06. The second-order valence-electron chi connectivity index (χ2n) is 11.5. The van der Waals surface area contributed by atoms with Crippen LogP contribution >= 0.6 is 0 Å². The Morgan fingerprint density at radius 3 is 1.45 bits per heavy atom. The van der Waals surface area contributed by atoms with Crippen molar-refractivity contribution in [3.8, 4) is 0 Å². The van der Waals surface area contributed by atoms with E-state index in [0.29, 0.717) is 12.8 Å². The SMILES string of the molecule is CCc1c(C)c2cc3[nH]c(cc4nc(cc5nc(cc1[nH]2)C(C)=C5CCC(=O)OC)C(CCC(=O)OC)=C4C)c(C)c3CC. The second kappa shape index (κ2) is 12.6. The van der Waals surface area contributed by atoms with Gasteiger partial charge in [-0.25, -0.2) is 9.97 Å². The fourth-order valence-electron chi connectivity index (χ4n) is 6.42. The Morgan fingerprint density at radius 1 is 0.614 bits per heavy atom. The van der Waals surface area contributed by atoms with Crippen LogP contribution in [0.15, 0.2) is 24.3 Å². The summed E-state index contributed by atoms with van der Waals surface area (Å²) in [4.78, 5) is 41.9. The summed E-state index contributed by atoms with van der Waals surface area (Å²) in [7, 11) is 2.82. The first-order valence-corrected chi connectivity index (χ1v) is 15.4. The molecule has 2 aliphatic rings. The van der Waals surface area contributed by atoms with E-state index < -0.39 is 0 Å². The molecule has 44 heavy (non-hydrogen) atoms. The summed E-state index contributed by atoms with van der Waals surface area (Å²) in [6.45, 7) is 12.8. The van der Waals surface area contributed by atoms with Crippen LogP contribution < -0.4 is 0 Å². The van der Waals surface area contributed by atoms with Crippen molar-refractivity contribution < 1.29 is 19.1 Å². The number of allylic oxidation sites excluding steroid dienone is 4. The Hall–Kier alpha value is -4.46. The molecule has 0 saturated heterocycles. The maximum atomic E-state index is 12.2. The fraction of sp³-hybridized carbons (Fsp3) is 0.389. The lowest BCUT2D eigenvalue weighted by molar-refractivity contribution is -0.141. The van der Waals surface area contributed by atoms with E-state index >= 15 is 0 Å². The highest BCUT2D eigenvalue weighted by molar-refractivity contribution is 5.96. The van der Waals surface area contributed by atoms with Gasteiger partial charge in [-0.15, -0.1) is 0 Å². The Bertz CT molecular complexity index is 1890. The van der Waals surface area contributed by atoms with Crippen molar-refractivity contribution in [2.75, 3.05) is 14.2 Å². The lowest BCUT2D eigenvalue weighted by Crippen LogP contribution is -2.01. The molecule has 3 aromatic heterocycles. The van der Waals surface area contributed by atoms with Crippen LogP contribution in [0.2, 0.25) is 0 Å². The van der Waals surface area contributed by atoms with E-state index in [1.54, 1.807) is 0 Å². The first-order chi connectivity index (χ1) is 21.1. The average molecular weight is 595 g/mol. The molecule has 5 rings (SSSR count). The van der Waals surface area contributed by atoms with Crippen LogP contribution in [0.1, 0.15) is 98.4 Å². The third kappa shape index (κ3) is 5.73. The molecule has 0 saturated carbocycles. The molecule has 0 aliphatic carbocycles. The minimum absolute atomic E-state index is 0.250. The fourth-order valence-corrected chi connectivity index (χ4v) is 6.42. The van der Waals surface area contributed by atoms with E-state index in [2.05, 4.69) is 69.7 Å². The van der Waals surface area contributed by atoms with Crippen molar-refractivity contribution in [3.05, 3.63) is 69.3 Å². The van der Waals surface area contributed by atoms with Gasteiger partial charge >= 0.3 is 11.9 Å². The number of methoxy groups -OCH3 is 2. The smallest absolute Gasteiger partial charge is 0.305 e. The van der Waals surface area contributed by atoms with Gasteiger partial charge in [0.05, 0.1) is 37.0 Å². The van der Waals surface area contributed by atoms with Crippen LogP contribution in [0.25, 0.3) is 44.4 Å². The third-order valence-corrected chi connectivity index (χ3v) is 9.12. The number of aryl methyl sites for hydroxylation is 4. The number of ether oxygens (including phenoxy) is 2. The predicted molar refractivity (Wildman–Crippen MR) is 177 cm³/mol. The average Bonchev–Trinajstić information content (AvgIpc) is 3.67. The minimum Gasteiger partial charge on any atom is -0.469 e. The van der Waals surface area contributed by atoms with Crippen LogP contribution in [0.5, 0.6) is 0 Å². The summed E-state index contributed by atoms with van der Waals surface area (Å²) in [6.07, 6.45) is 3.26. The number of hydrogen-bond donors (Lipinski definition) is 2. The van der Waals surface area contributed by atoms with E-state index in [1.807, 2.05) is 6.07 Å².